The fourth-order valence-corrected chi connectivity index (χ4v) is 2.55. The standard InChI is InChI=1S/C18H34N4O4S2/c1-17(2,15(25)21-9-7-19-13(23)5-11-27)18(3,4)16(26)22-10-8-20-14(24)6-12-28/h27-28H,5-12H2,1-4H3,(H,19,23)(H,20,24)(H,21,25)(H,22,26). The van der Waals surface area contributed by atoms with E-state index in [1.165, 1.54) is 0 Å². The Bertz CT molecular complexity index is 506. The zero-order chi connectivity index (χ0) is 21.8. The Kier molecular flexibility index (Phi) is 12.3. The fourth-order valence-electron chi connectivity index (χ4n) is 2.15. The van der Waals surface area contributed by atoms with E-state index < -0.39 is 10.8 Å². The van der Waals surface area contributed by atoms with Gasteiger partial charge in [0.2, 0.25) is 23.6 Å². The number of thiol groups is 2. The van der Waals surface area contributed by atoms with Crippen LogP contribution < -0.4 is 21.3 Å². The largest absolute Gasteiger partial charge is 0.354 e. The molecular formula is C18H34N4O4S2. The summed E-state index contributed by atoms with van der Waals surface area (Å²) in [5.41, 5.74) is -1.97. The number of hydrogen-bond donors (Lipinski definition) is 6. The van der Waals surface area contributed by atoms with Crippen LogP contribution in [0.15, 0.2) is 0 Å². The third kappa shape index (κ3) is 8.72. The maximum atomic E-state index is 12.6. The summed E-state index contributed by atoms with van der Waals surface area (Å²) in [5.74, 6) is 0.131. The molecule has 0 aromatic carbocycles. The normalized spacial score (nSPS) is 11.5. The van der Waals surface area contributed by atoms with E-state index >= 15 is 0 Å². The average molecular weight is 435 g/mol. The second kappa shape index (κ2) is 12.9. The third-order valence-corrected chi connectivity index (χ3v) is 5.29. The predicted octanol–water partition coefficient (Wildman–Crippen LogP) is 0.143. The van der Waals surface area contributed by atoms with Crippen LogP contribution in [0.25, 0.3) is 0 Å². The van der Waals surface area contributed by atoms with Crippen LogP contribution >= 0.6 is 25.3 Å². The Hall–Kier alpha value is -1.42. The Labute approximate surface area is 178 Å². The summed E-state index contributed by atoms with van der Waals surface area (Å²) in [6, 6.07) is 0. The van der Waals surface area contributed by atoms with Gasteiger partial charge >= 0.3 is 0 Å². The van der Waals surface area contributed by atoms with Crippen LogP contribution in [-0.4, -0.2) is 61.3 Å². The van der Waals surface area contributed by atoms with Crippen molar-refractivity contribution in [2.24, 2.45) is 10.8 Å². The molecule has 0 rings (SSSR count). The molecule has 0 bridgehead atoms. The lowest BCUT2D eigenvalue weighted by Crippen LogP contribution is -2.54. The molecule has 4 amide bonds. The molecule has 162 valence electrons. The van der Waals surface area contributed by atoms with Crippen molar-refractivity contribution in [3.63, 3.8) is 0 Å². The minimum absolute atomic E-state index is 0.121. The molecule has 8 nitrogen and oxygen atoms in total. The molecule has 0 radical (unpaired) electrons. The van der Waals surface area contributed by atoms with Gasteiger partial charge in [0.25, 0.3) is 0 Å². The highest BCUT2D eigenvalue weighted by Gasteiger charge is 2.48. The van der Waals surface area contributed by atoms with Crippen LogP contribution in [0.4, 0.5) is 0 Å². The van der Waals surface area contributed by atoms with Gasteiger partial charge in [-0.05, 0) is 11.5 Å². The minimum Gasteiger partial charge on any atom is -0.354 e. The summed E-state index contributed by atoms with van der Waals surface area (Å²) in [4.78, 5) is 48.0. The second-order valence-corrected chi connectivity index (χ2v) is 8.30. The van der Waals surface area contributed by atoms with E-state index in [1.54, 1.807) is 27.7 Å². The molecule has 0 aliphatic rings. The van der Waals surface area contributed by atoms with Crippen molar-refractivity contribution in [1.82, 2.24) is 21.3 Å². The Balaban J connectivity index is 4.49. The zero-order valence-electron chi connectivity index (χ0n) is 17.2. The summed E-state index contributed by atoms with van der Waals surface area (Å²) < 4.78 is 0. The first-order valence-corrected chi connectivity index (χ1v) is 10.6. The molecule has 0 spiro atoms. The zero-order valence-corrected chi connectivity index (χ0v) is 19.0. The van der Waals surface area contributed by atoms with Gasteiger partial charge in [-0.25, -0.2) is 0 Å². The second-order valence-electron chi connectivity index (χ2n) is 7.41. The van der Waals surface area contributed by atoms with Gasteiger partial charge in [0.05, 0.1) is 10.8 Å². The maximum Gasteiger partial charge on any atom is 0.226 e. The Morgan fingerprint density at radius 2 is 0.893 bits per heavy atom. The van der Waals surface area contributed by atoms with Crippen molar-refractivity contribution in [3.8, 4) is 0 Å². The highest BCUT2D eigenvalue weighted by atomic mass is 32.1. The highest BCUT2D eigenvalue weighted by molar-refractivity contribution is 7.80. The predicted molar refractivity (Wildman–Crippen MR) is 117 cm³/mol. The van der Waals surface area contributed by atoms with Crippen LogP contribution in [0.2, 0.25) is 0 Å². The quantitative estimate of drug-likeness (QED) is 0.183. The molecule has 10 heteroatoms. The highest BCUT2D eigenvalue weighted by Crippen LogP contribution is 2.38. The first-order valence-electron chi connectivity index (χ1n) is 9.32. The van der Waals surface area contributed by atoms with E-state index in [-0.39, 0.29) is 36.7 Å². The molecule has 4 N–H and O–H groups in total. The van der Waals surface area contributed by atoms with Gasteiger partial charge in [-0.2, -0.15) is 25.3 Å². The van der Waals surface area contributed by atoms with E-state index in [9.17, 15) is 19.2 Å². The molecule has 0 atom stereocenters. The van der Waals surface area contributed by atoms with E-state index in [4.69, 9.17) is 0 Å². The summed E-state index contributed by atoms with van der Waals surface area (Å²) in [6.45, 7) is 7.99. The first kappa shape index (κ1) is 26.6. The molecule has 0 unspecified atom stereocenters. The third-order valence-electron chi connectivity index (χ3n) is 4.84. The smallest absolute Gasteiger partial charge is 0.226 e. The molecule has 0 aromatic rings. The Morgan fingerprint density at radius 3 is 1.18 bits per heavy atom. The first-order chi connectivity index (χ1) is 13.0. The van der Waals surface area contributed by atoms with E-state index in [2.05, 4.69) is 46.5 Å². The van der Waals surface area contributed by atoms with Crippen LogP contribution in [0.3, 0.4) is 0 Å². The van der Waals surface area contributed by atoms with Crippen LogP contribution in [0, 0.1) is 10.8 Å². The van der Waals surface area contributed by atoms with Crippen molar-refractivity contribution in [2.75, 3.05) is 37.7 Å². The minimum atomic E-state index is -0.985. The monoisotopic (exact) mass is 434 g/mol. The van der Waals surface area contributed by atoms with Crippen LogP contribution in [0.1, 0.15) is 40.5 Å². The number of hydrogen-bond acceptors (Lipinski definition) is 6. The molecule has 0 saturated carbocycles. The topological polar surface area (TPSA) is 116 Å². The van der Waals surface area contributed by atoms with Gasteiger partial charge in [-0.15, -0.1) is 0 Å². The van der Waals surface area contributed by atoms with Crippen LogP contribution in [0.5, 0.6) is 0 Å². The van der Waals surface area contributed by atoms with Crippen LogP contribution in [-0.2, 0) is 19.2 Å². The Morgan fingerprint density at radius 1 is 0.607 bits per heavy atom. The lowest BCUT2D eigenvalue weighted by molar-refractivity contribution is -0.147. The van der Waals surface area contributed by atoms with Crippen molar-refractivity contribution in [3.05, 3.63) is 0 Å². The molecule has 28 heavy (non-hydrogen) atoms. The molecule has 0 heterocycles. The number of carbonyl (C=O) groups is 4. The summed E-state index contributed by atoms with van der Waals surface area (Å²) >= 11 is 7.97. The maximum absolute atomic E-state index is 12.6. The van der Waals surface area contributed by atoms with E-state index in [0.29, 0.717) is 37.4 Å². The van der Waals surface area contributed by atoms with Gasteiger partial charge in [0, 0.05) is 39.0 Å². The number of nitrogens with one attached hydrogen (secondary N) is 4. The summed E-state index contributed by atoms with van der Waals surface area (Å²) in [6.07, 6.45) is 0.649. The number of rotatable bonds is 13. The lowest BCUT2D eigenvalue weighted by Gasteiger charge is -2.38. The lowest BCUT2D eigenvalue weighted by atomic mass is 9.66. The molecule has 0 aromatic heterocycles. The fraction of sp³-hybridized carbons (Fsp3) is 0.778. The van der Waals surface area contributed by atoms with Gasteiger partial charge in [0.1, 0.15) is 0 Å². The SMILES string of the molecule is CC(C)(C(=O)NCCNC(=O)CCS)C(C)(C)C(=O)NCCNC(=O)CCS. The van der Waals surface area contributed by atoms with Gasteiger partial charge in [0.15, 0.2) is 0 Å². The number of amides is 4. The van der Waals surface area contributed by atoms with Crippen molar-refractivity contribution in [1.29, 1.82) is 0 Å². The van der Waals surface area contributed by atoms with E-state index in [1.807, 2.05) is 0 Å². The summed E-state index contributed by atoms with van der Waals surface area (Å²) in [5, 5.41) is 10.9. The van der Waals surface area contributed by atoms with Crippen molar-refractivity contribution < 1.29 is 19.2 Å². The van der Waals surface area contributed by atoms with Gasteiger partial charge in [-0.3, -0.25) is 19.2 Å². The molecule has 0 aliphatic carbocycles. The summed E-state index contributed by atoms with van der Waals surface area (Å²) in [7, 11) is 0. The van der Waals surface area contributed by atoms with Gasteiger partial charge < -0.3 is 21.3 Å². The van der Waals surface area contributed by atoms with Gasteiger partial charge in [-0.1, -0.05) is 27.7 Å². The molecule has 0 fully saturated rings. The molecule has 0 aliphatic heterocycles. The van der Waals surface area contributed by atoms with Crippen molar-refractivity contribution >= 4 is 48.9 Å². The average Bonchev–Trinajstić information content (AvgIpc) is 2.62. The van der Waals surface area contributed by atoms with E-state index in [0.717, 1.165) is 0 Å². The molecular weight excluding hydrogens is 400 g/mol. The number of carbonyl (C=O) groups excluding carboxylic acids is 4. The van der Waals surface area contributed by atoms with Crippen molar-refractivity contribution in [2.45, 2.75) is 40.5 Å². The molecule has 0 saturated heterocycles.